The molecule has 0 saturated carbocycles. The van der Waals surface area contributed by atoms with Crippen molar-refractivity contribution in [2.24, 2.45) is 0 Å². The lowest BCUT2D eigenvalue weighted by atomic mass is 10.1. The minimum atomic E-state index is -0.615. The number of pyridine rings is 2. The highest BCUT2D eigenvalue weighted by Crippen LogP contribution is 2.36. The maximum Gasteiger partial charge on any atom is 0.254 e. The maximum atomic E-state index is 13.9. The van der Waals surface area contributed by atoms with Gasteiger partial charge in [0.15, 0.2) is 0 Å². The van der Waals surface area contributed by atoms with Crippen molar-refractivity contribution in [1.82, 2.24) is 14.9 Å². The Hall–Kier alpha value is -2.70. The Morgan fingerprint density at radius 2 is 1.83 bits per heavy atom. The summed E-state index contributed by atoms with van der Waals surface area (Å²) in [7, 11) is 3.36. The normalized spacial score (nSPS) is 11.8. The first-order valence-corrected chi connectivity index (χ1v) is 9.88. The first-order chi connectivity index (χ1) is 14.2. The van der Waals surface area contributed by atoms with Gasteiger partial charge >= 0.3 is 0 Å². The number of hydrogen-bond donors (Lipinski definition) is 0. The van der Waals surface area contributed by atoms with Crippen molar-refractivity contribution < 1.29 is 13.9 Å². The van der Waals surface area contributed by atoms with E-state index < -0.39 is 11.9 Å². The van der Waals surface area contributed by atoms with Gasteiger partial charge in [-0.25, -0.2) is 4.39 Å². The van der Waals surface area contributed by atoms with Gasteiger partial charge in [-0.15, -0.1) is 0 Å². The monoisotopic (exact) mass is 447 g/mol. The van der Waals surface area contributed by atoms with Gasteiger partial charge in [-0.05, 0) is 38.1 Å². The summed E-state index contributed by atoms with van der Waals surface area (Å²) in [5.41, 5.74) is 2.91. The number of ether oxygens (including phenoxy) is 1. The third kappa shape index (κ3) is 4.55. The van der Waals surface area contributed by atoms with Gasteiger partial charge in [0.05, 0.1) is 16.3 Å². The number of carbonyl (C=O) groups excluding carboxylic acids is 1. The van der Waals surface area contributed by atoms with Crippen LogP contribution in [0.15, 0.2) is 42.9 Å². The number of hydrogen-bond acceptors (Lipinski definition) is 4. The second-order valence-corrected chi connectivity index (χ2v) is 7.77. The van der Waals surface area contributed by atoms with Crippen LogP contribution < -0.4 is 4.74 Å². The molecule has 30 heavy (non-hydrogen) atoms. The SMILES string of the molecule is Cc1ncc(-c2cncc(C(=O)N(C)C)c2)cc1OC(C)c1c(Cl)ccc(F)c1Cl. The topological polar surface area (TPSA) is 55.3 Å². The largest absolute Gasteiger partial charge is 0.484 e. The van der Waals surface area contributed by atoms with Gasteiger partial charge in [-0.2, -0.15) is 0 Å². The van der Waals surface area contributed by atoms with Gasteiger partial charge in [0.25, 0.3) is 5.91 Å². The lowest BCUT2D eigenvalue weighted by Gasteiger charge is -2.19. The molecule has 2 heterocycles. The summed E-state index contributed by atoms with van der Waals surface area (Å²) in [4.78, 5) is 22.3. The van der Waals surface area contributed by atoms with Crippen molar-refractivity contribution in [2.45, 2.75) is 20.0 Å². The first kappa shape index (κ1) is 22.0. The summed E-state index contributed by atoms with van der Waals surface area (Å²) in [5, 5.41) is 0.241. The number of rotatable bonds is 5. The fourth-order valence-electron chi connectivity index (χ4n) is 2.93. The zero-order valence-electron chi connectivity index (χ0n) is 16.9. The molecule has 3 aromatic rings. The molecule has 0 aliphatic carbocycles. The van der Waals surface area contributed by atoms with E-state index in [2.05, 4.69) is 9.97 Å². The molecule has 1 atom stereocenters. The van der Waals surface area contributed by atoms with Crippen LogP contribution in [0, 0.1) is 12.7 Å². The van der Waals surface area contributed by atoms with Crippen molar-refractivity contribution in [3.05, 3.63) is 75.5 Å². The van der Waals surface area contributed by atoms with Crippen LogP contribution in [0.2, 0.25) is 10.0 Å². The van der Waals surface area contributed by atoms with Gasteiger partial charge in [0.1, 0.15) is 17.7 Å². The fourth-order valence-corrected chi connectivity index (χ4v) is 3.61. The third-order valence-electron chi connectivity index (χ3n) is 4.55. The second kappa shape index (κ2) is 8.98. The summed E-state index contributed by atoms with van der Waals surface area (Å²) in [6, 6.07) is 6.19. The zero-order valence-corrected chi connectivity index (χ0v) is 18.4. The first-order valence-electron chi connectivity index (χ1n) is 9.12. The highest BCUT2D eigenvalue weighted by Gasteiger charge is 2.20. The van der Waals surface area contributed by atoms with Crippen LogP contribution in [0.1, 0.15) is 34.6 Å². The van der Waals surface area contributed by atoms with Crippen molar-refractivity contribution in [2.75, 3.05) is 14.1 Å². The van der Waals surface area contributed by atoms with E-state index in [1.807, 2.05) is 0 Å². The average molecular weight is 448 g/mol. The smallest absolute Gasteiger partial charge is 0.254 e. The van der Waals surface area contributed by atoms with Crippen LogP contribution in [-0.2, 0) is 0 Å². The molecule has 3 rings (SSSR count). The predicted molar refractivity (Wildman–Crippen MR) is 116 cm³/mol. The van der Waals surface area contributed by atoms with E-state index in [1.165, 1.54) is 23.2 Å². The number of aromatic nitrogens is 2. The van der Waals surface area contributed by atoms with Crippen molar-refractivity contribution >= 4 is 29.1 Å². The number of aryl methyl sites for hydroxylation is 1. The highest BCUT2D eigenvalue weighted by atomic mass is 35.5. The maximum absolute atomic E-state index is 13.9. The fraction of sp³-hybridized carbons (Fsp3) is 0.227. The Kier molecular flexibility index (Phi) is 6.58. The average Bonchev–Trinajstić information content (AvgIpc) is 2.72. The van der Waals surface area contributed by atoms with E-state index in [0.29, 0.717) is 27.6 Å². The summed E-state index contributed by atoms with van der Waals surface area (Å²) >= 11 is 12.3. The molecule has 1 aromatic carbocycles. The summed E-state index contributed by atoms with van der Waals surface area (Å²) in [6.07, 6.45) is 4.22. The van der Waals surface area contributed by atoms with E-state index in [1.54, 1.807) is 52.5 Å². The minimum absolute atomic E-state index is 0.0733. The summed E-state index contributed by atoms with van der Waals surface area (Å²) in [6.45, 7) is 3.53. The van der Waals surface area contributed by atoms with E-state index in [-0.39, 0.29) is 10.9 Å². The lowest BCUT2D eigenvalue weighted by Crippen LogP contribution is -2.21. The summed E-state index contributed by atoms with van der Waals surface area (Å²) in [5.74, 6) is -0.228. The number of amides is 1. The van der Waals surface area contributed by atoms with Crippen LogP contribution in [0.25, 0.3) is 11.1 Å². The molecular weight excluding hydrogens is 428 g/mol. The molecule has 0 aliphatic heterocycles. The van der Waals surface area contributed by atoms with Crippen LogP contribution in [0.3, 0.4) is 0 Å². The van der Waals surface area contributed by atoms with Crippen molar-refractivity contribution in [3.8, 4) is 16.9 Å². The van der Waals surface area contributed by atoms with Crippen molar-refractivity contribution in [3.63, 3.8) is 0 Å². The molecular formula is C22H20Cl2FN3O2. The van der Waals surface area contributed by atoms with Crippen molar-refractivity contribution in [1.29, 1.82) is 0 Å². The highest BCUT2D eigenvalue weighted by molar-refractivity contribution is 6.36. The Morgan fingerprint density at radius 3 is 2.53 bits per heavy atom. The van der Waals surface area contributed by atoms with Gasteiger partial charge in [0, 0.05) is 54.4 Å². The van der Waals surface area contributed by atoms with Crippen LogP contribution in [-0.4, -0.2) is 34.9 Å². The third-order valence-corrected chi connectivity index (χ3v) is 5.27. The molecule has 5 nitrogen and oxygen atoms in total. The molecule has 156 valence electrons. The lowest BCUT2D eigenvalue weighted by molar-refractivity contribution is 0.0827. The Morgan fingerprint density at radius 1 is 1.13 bits per heavy atom. The van der Waals surface area contributed by atoms with E-state index in [0.717, 1.165) is 11.1 Å². The molecule has 0 aliphatic rings. The molecule has 0 N–H and O–H groups in total. The van der Waals surface area contributed by atoms with Crippen LogP contribution in [0.5, 0.6) is 5.75 Å². The van der Waals surface area contributed by atoms with Gasteiger partial charge in [-0.3, -0.25) is 14.8 Å². The molecule has 8 heteroatoms. The molecule has 0 saturated heterocycles. The number of carbonyl (C=O) groups is 1. The molecule has 1 unspecified atom stereocenters. The second-order valence-electron chi connectivity index (χ2n) is 6.99. The minimum Gasteiger partial charge on any atom is -0.484 e. The van der Waals surface area contributed by atoms with E-state index in [9.17, 15) is 9.18 Å². The molecule has 0 bridgehead atoms. The zero-order chi connectivity index (χ0) is 22.0. The summed E-state index contributed by atoms with van der Waals surface area (Å²) < 4.78 is 19.9. The standard InChI is InChI=1S/C22H20Cl2FN3O2/c1-12-19(30-13(2)20-17(23)5-6-18(25)21(20)24)8-15(11-27-12)14-7-16(10-26-9-14)22(29)28(3)4/h5-11,13H,1-4H3. The Balaban J connectivity index is 1.95. The molecule has 0 radical (unpaired) electrons. The van der Waals surface area contributed by atoms with Gasteiger partial charge < -0.3 is 9.64 Å². The number of halogens is 3. The number of benzene rings is 1. The van der Waals surface area contributed by atoms with Crippen LogP contribution in [0.4, 0.5) is 4.39 Å². The Bertz CT molecular complexity index is 1110. The van der Waals surface area contributed by atoms with E-state index >= 15 is 0 Å². The Labute approximate surface area is 184 Å². The molecule has 1 amide bonds. The quantitative estimate of drug-likeness (QED) is 0.467. The molecule has 0 fully saturated rings. The number of nitrogens with zero attached hydrogens (tertiary/aromatic N) is 3. The molecule has 0 spiro atoms. The van der Waals surface area contributed by atoms with E-state index in [4.69, 9.17) is 27.9 Å². The van der Waals surface area contributed by atoms with Gasteiger partial charge in [0.2, 0.25) is 0 Å². The predicted octanol–water partition coefficient (Wildman–Crippen LogP) is 5.74. The van der Waals surface area contributed by atoms with Crippen LogP contribution >= 0.6 is 23.2 Å². The van der Waals surface area contributed by atoms with Gasteiger partial charge in [-0.1, -0.05) is 23.2 Å². The molecule has 2 aromatic heterocycles.